The third-order valence-electron chi connectivity index (χ3n) is 2.24. The van der Waals surface area contributed by atoms with Crippen LogP contribution >= 0.6 is 11.3 Å². The zero-order valence-corrected chi connectivity index (χ0v) is 10.6. The van der Waals surface area contributed by atoms with Gasteiger partial charge in [-0.15, -0.1) is 16.4 Å². The number of aryl methyl sites for hydroxylation is 1. The van der Waals surface area contributed by atoms with Gasteiger partial charge in [0, 0.05) is 24.7 Å². The van der Waals surface area contributed by atoms with Crippen molar-refractivity contribution in [2.75, 3.05) is 6.54 Å². The molecule has 2 N–H and O–H groups in total. The highest BCUT2D eigenvalue weighted by Gasteiger charge is 2.13. The Kier molecular flexibility index (Phi) is 4.18. The Bertz CT molecular complexity index is 565. The summed E-state index contributed by atoms with van der Waals surface area (Å²) in [6, 6.07) is 0. The predicted octanol–water partition coefficient (Wildman–Crippen LogP) is 0.253. The number of amides is 1. The Morgan fingerprint density at radius 2 is 2.32 bits per heavy atom. The first-order chi connectivity index (χ1) is 9.16. The summed E-state index contributed by atoms with van der Waals surface area (Å²) in [6.45, 7) is 1.11. The molecule has 0 atom stereocenters. The van der Waals surface area contributed by atoms with Gasteiger partial charge in [-0.05, 0) is 6.42 Å². The number of hydrogen-bond acceptors (Lipinski definition) is 6. The molecule has 9 heteroatoms. The van der Waals surface area contributed by atoms with Crippen LogP contribution in [0.5, 0.6) is 0 Å². The lowest BCUT2D eigenvalue weighted by Crippen LogP contribution is -2.25. The van der Waals surface area contributed by atoms with E-state index in [2.05, 4.69) is 20.6 Å². The highest BCUT2D eigenvalue weighted by Crippen LogP contribution is 2.09. The Labute approximate surface area is 112 Å². The van der Waals surface area contributed by atoms with E-state index < -0.39 is 5.97 Å². The minimum Gasteiger partial charge on any atom is -0.476 e. The van der Waals surface area contributed by atoms with Crippen molar-refractivity contribution < 1.29 is 14.7 Å². The Morgan fingerprint density at radius 3 is 2.95 bits per heavy atom. The van der Waals surface area contributed by atoms with Crippen LogP contribution in [0.1, 0.15) is 26.7 Å². The van der Waals surface area contributed by atoms with E-state index in [1.165, 1.54) is 5.38 Å². The summed E-state index contributed by atoms with van der Waals surface area (Å²) < 4.78 is 1.66. The number of hydrogen-bond donors (Lipinski definition) is 2. The van der Waals surface area contributed by atoms with Crippen LogP contribution in [0.25, 0.3) is 0 Å². The van der Waals surface area contributed by atoms with Crippen LogP contribution in [0.15, 0.2) is 17.8 Å². The van der Waals surface area contributed by atoms with Gasteiger partial charge in [0.05, 0.1) is 6.20 Å². The van der Waals surface area contributed by atoms with Gasteiger partial charge in [-0.2, -0.15) is 0 Å². The van der Waals surface area contributed by atoms with Crippen LogP contribution in [0.4, 0.5) is 0 Å². The Balaban J connectivity index is 1.76. The molecule has 0 spiro atoms. The van der Waals surface area contributed by atoms with Crippen molar-refractivity contribution in [1.82, 2.24) is 25.3 Å². The Morgan fingerprint density at radius 1 is 1.47 bits per heavy atom. The summed E-state index contributed by atoms with van der Waals surface area (Å²) in [4.78, 5) is 26.0. The second-order valence-electron chi connectivity index (χ2n) is 3.62. The smallest absolute Gasteiger partial charge is 0.365 e. The molecule has 0 aliphatic carbocycles. The summed E-state index contributed by atoms with van der Waals surface area (Å²) in [6.07, 6.45) is 4.02. The first-order valence-corrected chi connectivity index (χ1v) is 6.36. The number of nitrogens with one attached hydrogen (secondary N) is 1. The van der Waals surface area contributed by atoms with Gasteiger partial charge in [-0.25, -0.2) is 9.78 Å². The summed E-state index contributed by atoms with van der Waals surface area (Å²) in [7, 11) is 0. The van der Waals surface area contributed by atoms with Crippen LogP contribution in [0.3, 0.4) is 0 Å². The summed E-state index contributed by atoms with van der Waals surface area (Å²) in [5, 5.41) is 20.2. The van der Waals surface area contributed by atoms with Crippen molar-refractivity contribution in [2.24, 2.45) is 0 Å². The molecule has 0 aromatic carbocycles. The molecular formula is C10H11N5O3S. The topological polar surface area (TPSA) is 110 Å². The lowest BCUT2D eigenvalue weighted by atomic mass is 10.4. The molecule has 0 radical (unpaired) electrons. The van der Waals surface area contributed by atoms with Crippen molar-refractivity contribution in [3.05, 3.63) is 28.5 Å². The van der Waals surface area contributed by atoms with Crippen molar-refractivity contribution in [3.8, 4) is 0 Å². The molecule has 2 aromatic heterocycles. The zero-order valence-electron chi connectivity index (χ0n) is 9.81. The summed E-state index contributed by atoms with van der Waals surface area (Å²) in [5.74, 6) is -1.50. The van der Waals surface area contributed by atoms with E-state index >= 15 is 0 Å². The van der Waals surface area contributed by atoms with Gasteiger partial charge in [0.2, 0.25) is 5.01 Å². The van der Waals surface area contributed by atoms with Crippen LogP contribution < -0.4 is 5.32 Å². The fraction of sp³-hybridized carbons (Fsp3) is 0.300. The van der Waals surface area contributed by atoms with E-state index in [0.717, 1.165) is 11.3 Å². The first kappa shape index (κ1) is 13.1. The first-order valence-electron chi connectivity index (χ1n) is 5.48. The monoisotopic (exact) mass is 281 g/mol. The van der Waals surface area contributed by atoms with Gasteiger partial charge < -0.3 is 10.4 Å². The van der Waals surface area contributed by atoms with Gasteiger partial charge in [0.15, 0.2) is 0 Å². The van der Waals surface area contributed by atoms with Crippen molar-refractivity contribution in [3.63, 3.8) is 0 Å². The molecule has 0 saturated heterocycles. The van der Waals surface area contributed by atoms with Crippen molar-refractivity contribution >= 4 is 23.2 Å². The SMILES string of the molecule is O=C(NCCCn1ccnn1)c1csc(C(=O)O)n1. The Hall–Kier alpha value is -2.29. The number of carboxylic acids is 1. The molecule has 0 bridgehead atoms. The number of nitrogens with zero attached hydrogens (tertiary/aromatic N) is 4. The number of thiazole rings is 1. The fourth-order valence-corrected chi connectivity index (χ4v) is 2.00. The highest BCUT2D eigenvalue weighted by molar-refractivity contribution is 7.11. The molecule has 0 unspecified atom stereocenters. The maximum Gasteiger partial charge on any atom is 0.365 e. The maximum absolute atomic E-state index is 11.6. The van der Waals surface area contributed by atoms with Gasteiger partial charge in [0.1, 0.15) is 5.69 Å². The van der Waals surface area contributed by atoms with Crippen molar-refractivity contribution in [2.45, 2.75) is 13.0 Å². The minimum absolute atomic E-state index is 0.0900. The second kappa shape index (κ2) is 6.05. The fourth-order valence-electron chi connectivity index (χ4n) is 1.36. The summed E-state index contributed by atoms with van der Waals surface area (Å²) in [5.41, 5.74) is 0.128. The van der Waals surface area contributed by atoms with Crippen LogP contribution in [-0.2, 0) is 6.54 Å². The lowest BCUT2D eigenvalue weighted by molar-refractivity contribution is 0.0696. The molecule has 100 valence electrons. The van der Waals surface area contributed by atoms with Crippen LogP contribution in [0.2, 0.25) is 0 Å². The lowest BCUT2D eigenvalue weighted by Gasteiger charge is -2.02. The molecule has 8 nitrogen and oxygen atoms in total. The average Bonchev–Trinajstić information content (AvgIpc) is 3.05. The number of carboxylic acid groups (broad SMARTS) is 1. The number of aromatic carboxylic acids is 1. The third kappa shape index (κ3) is 3.58. The largest absolute Gasteiger partial charge is 0.476 e. The minimum atomic E-state index is -1.13. The molecule has 19 heavy (non-hydrogen) atoms. The molecule has 0 fully saturated rings. The maximum atomic E-state index is 11.6. The normalized spacial score (nSPS) is 10.3. The molecule has 0 aliphatic rings. The molecule has 2 rings (SSSR count). The van der Waals surface area contributed by atoms with Crippen LogP contribution in [0, 0.1) is 0 Å². The van der Waals surface area contributed by atoms with E-state index in [1.807, 2.05) is 0 Å². The summed E-state index contributed by atoms with van der Waals surface area (Å²) >= 11 is 0.929. The quantitative estimate of drug-likeness (QED) is 0.734. The number of carbonyl (C=O) groups excluding carboxylic acids is 1. The highest BCUT2D eigenvalue weighted by atomic mass is 32.1. The van der Waals surface area contributed by atoms with Gasteiger partial charge >= 0.3 is 5.97 Å². The van der Waals surface area contributed by atoms with Crippen LogP contribution in [-0.4, -0.2) is 43.5 Å². The van der Waals surface area contributed by atoms with Gasteiger partial charge in [-0.3, -0.25) is 9.48 Å². The van der Waals surface area contributed by atoms with Gasteiger partial charge in [-0.1, -0.05) is 5.21 Å². The van der Waals surface area contributed by atoms with E-state index in [1.54, 1.807) is 17.1 Å². The van der Waals surface area contributed by atoms with E-state index in [4.69, 9.17) is 5.11 Å². The molecular weight excluding hydrogens is 270 g/mol. The average molecular weight is 281 g/mol. The molecule has 0 saturated carbocycles. The second-order valence-corrected chi connectivity index (χ2v) is 4.48. The van der Waals surface area contributed by atoms with Crippen molar-refractivity contribution in [1.29, 1.82) is 0 Å². The molecule has 2 heterocycles. The van der Waals surface area contributed by atoms with Gasteiger partial charge in [0.25, 0.3) is 5.91 Å². The number of aromatic nitrogens is 4. The van der Waals surface area contributed by atoms with E-state index in [-0.39, 0.29) is 16.6 Å². The standard InChI is InChI=1S/C10H11N5O3S/c16-8(7-6-19-9(13-7)10(17)18)11-2-1-4-15-5-3-12-14-15/h3,5-6H,1-2,4H2,(H,11,16)(H,17,18). The molecule has 1 amide bonds. The third-order valence-corrected chi connectivity index (χ3v) is 3.07. The number of carbonyl (C=O) groups is 2. The molecule has 2 aromatic rings. The molecule has 0 aliphatic heterocycles. The number of rotatable bonds is 6. The van der Waals surface area contributed by atoms with E-state index in [0.29, 0.717) is 19.5 Å². The van der Waals surface area contributed by atoms with E-state index in [9.17, 15) is 9.59 Å². The zero-order chi connectivity index (χ0) is 13.7. The predicted molar refractivity (Wildman–Crippen MR) is 66.0 cm³/mol.